The predicted molar refractivity (Wildman–Crippen MR) is 124 cm³/mol. The molecule has 0 spiro atoms. The molecule has 0 aliphatic carbocycles. The van der Waals surface area contributed by atoms with Crippen LogP contribution in [0.3, 0.4) is 0 Å². The number of carbonyl (C=O) groups is 1. The number of anilines is 2. The van der Waals surface area contributed by atoms with Crippen LogP contribution in [0.5, 0.6) is 11.5 Å². The number of nitrogens with zero attached hydrogens (tertiary/aromatic N) is 6. The van der Waals surface area contributed by atoms with E-state index in [0.717, 1.165) is 43.6 Å². The van der Waals surface area contributed by atoms with Gasteiger partial charge in [-0.05, 0) is 26.1 Å². The third-order valence-electron chi connectivity index (χ3n) is 5.97. The molecule has 9 heteroatoms. The fourth-order valence-corrected chi connectivity index (χ4v) is 3.96. The van der Waals surface area contributed by atoms with Crippen molar-refractivity contribution in [2.24, 2.45) is 0 Å². The largest absolute Gasteiger partial charge is 0.497 e. The van der Waals surface area contributed by atoms with Crippen LogP contribution in [0, 0.1) is 6.92 Å². The number of rotatable bonds is 6. The van der Waals surface area contributed by atoms with Crippen molar-refractivity contribution in [2.45, 2.75) is 6.92 Å². The average Bonchev–Trinajstić information content (AvgIpc) is 2.83. The Kier molecular flexibility index (Phi) is 6.94. The normalized spacial score (nSPS) is 17.4. The molecule has 0 radical (unpaired) electrons. The maximum Gasteiger partial charge on any atom is 0.260 e. The highest BCUT2D eigenvalue weighted by Crippen LogP contribution is 2.21. The molecule has 9 nitrogen and oxygen atoms in total. The van der Waals surface area contributed by atoms with E-state index in [9.17, 15) is 4.79 Å². The Morgan fingerprint density at radius 1 is 0.938 bits per heavy atom. The van der Waals surface area contributed by atoms with Crippen LogP contribution < -0.4 is 19.3 Å². The van der Waals surface area contributed by atoms with Crippen LogP contribution in [-0.2, 0) is 4.79 Å². The maximum absolute atomic E-state index is 12.6. The van der Waals surface area contributed by atoms with Crippen LogP contribution in [-0.4, -0.2) is 98.8 Å². The van der Waals surface area contributed by atoms with Gasteiger partial charge in [-0.3, -0.25) is 4.79 Å². The molecule has 0 saturated carbocycles. The lowest BCUT2D eigenvalue weighted by atomic mass is 10.3. The van der Waals surface area contributed by atoms with Crippen LogP contribution in [0.4, 0.5) is 11.8 Å². The van der Waals surface area contributed by atoms with Crippen LogP contribution in [0.15, 0.2) is 30.3 Å². The van der Waals surface area contributed by atoms with Crippen molar-refractivity contribution in [2.75, 3.05) is 82.9 Å². The van der Waals surface area contributed by atoms with Gasteiger partial charge in [0, 0.05) is 70.2 Å². The van der Waals surface area contributed by atoms with Crippen molar-refractivity contribution >= 4 is 17.7 Å². The Hall–Kier alpha value is -3.07. The van der Waals surface area contributed by atoms with Gasteiger partial charge < -0.3 is 29.1 Å². The van der Waals surface area contributed by atoms with Gasteiger partial charge >= 0.3 is 0 Å². The molecule has 2 saturated heterocycles. The van der Waals surface area contributed by atoms with Gasteiger partial charge in [0.15, 0.2) is 6.61 Å². The minimum absolute atomic E-state index is 0.0155. The number of amides is 1. The van der Waals surface area contributed by atoms with E-state index in [1.165, 1.54) is 0 Å². The van der Waals surface area contributed by atoms with Gasteiger partial charge in [-0.25, -0.2) is 4.98 Å². The zero-order valence-corrected chi connectivity index (χ0v) is 19.2. The van der Waals surface area contributed by atoms with E-state index < -0.39 is 0 Å². The van der Waals surface area contributed by atoms with Crippen molar-refractivity contribution < 1.29 is 14.3 Å². The number of hydrogen-bond acceptors (Lipinski definition) is 8. The van der Waals surface area contributed by atoms with Crippen molar-refractivity contribution in [1.29, 1.82) is 0 Å². The van der Waals surface area contributed by atoms with Gasteiger partial charge in [0.1, 0.15) is 17.3 Å². The smallest absolute Gasteiger partial charge is 0.260 e. The summed E-state index contributed by atoms with van der Waals surface area (Å²) in [5.41, 5.74) is 0.967. The molecule has 172 valence electrons. The maximum atomic E-state index is 12.6. The Labute approximate surface area is 189 Å². The van der Waals surface area contributed by atoms with E-state index in [-0.39, 0.29) is 12.5 Å². The molecule has 0 N–H and O–H groups in total. The molecule has 2 aliphatic heterocycles. The summed E-state index contributed by atoms with van der Waals surface area (Å²) in [6, 6.07) is 9.34. The highest BCUT2D eigenvalue weighted by Gasteiger charge is 2.24. The number of hydrogen-bond donors (Lipinski definition) is 0. The fourth-order valence-electron chi connectivity index (χ4n) is 3.96. The topological polar surface area (TPSA) is 74.3 Å². The average molecular weight is 441 g/mol. The summed E-state index contributed by atoms with van der Waals surface area (Å²) in [6.07, 6.45) is 0. The zero-order chi connectivity index (χ0) is 22.5. The molecular formula is C23H32N6O3. The summed E-state index contributed by atoms with van der Waals surface area (Å²) in [7, 11) is 3.76. The monoisotopic (exact) mass is 440 g/mol. The first-order chi connectivity index (χ1) is 15.5. The molecule has 0 atom stereocenters. The van der Waals surface area contributed by atoms with E-state index >= 15 is 0 Å². The van der Waals surface area contributed by atoms with Gasteiger partial charge in [0.25, 0.3) is 5.91 Å². The lowest BCUT2D eigenvalue weighted by Crippen LogP contribution is -2.50. The number of methoxy groups -OCH3 is 1. The summed E-state index contributed by atoms with van der Waals surface area (Å²) in [5.74, 6) is 3.05. The third kappa shape index (κ3) is 5.40. The summed E-state index contributed by atoms with van der Waals surface area (Å²) >= 11 is 0. The summed E-state index contributed by atoms with van der Waals surface area (Å²) in [4.78, 5) is 30.8. The molecule has 32 heavy (non-hydrogen) atoms. The molecule has 0 unspecified atom stereocenters. The first kappa shape index (κ1) is 22.1. The first-order valence-corrected chi connectivity index (χ1v) is 11.1. The molecular weight excluding hydrogens is 408 g/mol. The van der Waals surface area contributed by atoms with Gasteiger partial charge in [-0.15, -0.1) is 0 Å². The van der Waals surface area contributed by atoms with Gasteiger partial charge in [0.2, 0.25) is 5.95 Å². The molecule has 2 aliphatic rings. The fraction of sp³-hybridized carbons (Fsp3) is 0.522. The summed E-state index contributed by atoms with van der Waals surface area (Å²) in [6.45, 7) is 8.72. The predicted octanol–water partition coefficient (Wildman–Crippen LogP) is 1.27. The quantitative estimate of drug-likeness (QED) is 0.665. The Balaban J connectivity index is 1.31. The Morgan fingerprint density at radius 3 is 2.34 bits per heavy atom. The number of benzene rings is 1. The van der Waals surface area contributed by atoms with E-state index in [1.54, 1.807) is 13.2 Å². The van der Waals surface area contributed by atoms with Crippen molar-refractivity contribution in [3.05, 3.63) is 36.0 Å². The van der Waals surface area contributed by atoms with E-state index in [0.29, 0.717) is 37.7 Å². The number of piperazine rings is 2. The van der Waals surface area contributed by atoms with Crippen LogP contribution >= 0.6 is 0 Å². The molecule has 0 bridgehead atoms. The van der Waals surface area contributed by atoms with Crippen molar-refractivity contribution in [1.82, 2.24) is 19.8 Å². The summed E-state index contributed by atoms with van der Waals surface area (Å²) < 4.78 is 10.9. The molecule has 3 heterocycles. The minimum atomic E-state index is -0.0178. The lowest BCUT2D eigenvalue weighted by Gasteiger charge is -2.36. The molecule has 2 fully saturated rings. The van der Waals surface area contributed by atoms with Crippen molar-refractivity contribution in [3.63, 3.8) is 0 Å². The molecule has 2 aromatic rings. The molecule has 4 rings (SSSR count). The number of aromatic nitrogens is 2. The van der Waals surface area contributed by atoms with Crippen LogP contribution in [0.25, 0.3) is 0 Å². The second kappa shape index (κ2) is 10.0. The number of carbonyl (C=O) groups excluding carboxylic acids is 1. The second-order valence-electron chi connectivity index (χ2n) is 8.29. The standard InChI is InChI=1S/C23H32N6O3/c1-18-15-21(27-9-7-26(2)8-10-27)25-23(24-18)29-13-11-28(12-14-29)22(30)17-32-20-6-4-5-19(16-20)31-3/h4-6,15-16H,7-14,17H2,1-3H3. The van der Waals surface area contributed by atoms with Crippen LogP contribution in [0.2, 0.25) is 0 Å². The third-order valence-corrected chi connectivity index (χ3v) is 5.97. The highest BCUT2D eigenvalue weighted by atomic mass is 16.5. The van der Waals surface area contributed by atoms with E-state index in [2.05, 4.69) is 32.8 Å². The number of ether oxygens (including phenoxy) is 2. The van der Waals surface area contributed by atoms with Crippen molar-refractivity contribution in [3.8, 4) is 11.5 Å². The molecule has 1 aromatic heterocycles. The lowest BCUT2D eigenvalue weighted by molar-refractivity contribution is -0.133. The second-order valence-corrected chi connectivity index (χ2v) is 8.29. The Bertz CT molecular complexity index is 924. The molecule has 1 amide bonds. The van der Waals surface area contributed by atoms with Gasteiger partial charge in [-0.1, -0.05) is 6.07 Å². The zero-order valence-electron chi connectivity index (χ0n) is 19.2. The number of likely N-dealkylation sites (N-methyl/N-ethyl adjacent to an activating group) is 1. The highest BCUT2D eigenvalue weighted by molar-refractivity contribution is 5.78. The van der Waals surface area contributed by atoms with E-state index in [4.69, 9.17) is 14.5 Å². The minimum Gasteiger partial charge on any atom is -0.497 e. The first-order valence-electron chi connectivity index (χ1n) is 11.1. The van der Waals surface area contributed by atoms with Gasteiger partial charge in [0.05, 0.1) is 7.11 Å². The Morgan fingerprint density at radius 2 is 1.62 bits per heavy atom. The van der Waals surface area contributed by atoms with E-state index in [1.807, 2.05) is 30.0 Å². The van der Waals surface area contributed by atoms with Crippen LogP contribution in [0.1, 0.15) is 5.69 Å². The number of aryl methyl sites for hydroxylation is 1. The summed E-state index contributed by atoms with van der Waals surface area (Å²) in [5, 5.41) is 0. The van der Waals surface area contributed by atoms with Gasteiger partial charge in [-0.2, -0.15) is 4.98 Å². The molecule has 1 aromatic carbocycles. The SMILES string of the molecule is COc1cccc(OCC(=O)N2CCN(c3nc(C)cc(N4CCN(C)CC4)n3)CC2)c1.